The van der Waals surface area contributed by atoms with E-state index in [4.69, 9.17) is 4.99 Å². The summed E-state index contributed by atoms with van der Waals surface area (Å²) in [5.41, 5.74) is 2.59. The van der Waals surface area contributed by atoms with E-state index in [0.29, 0.717) is 24.4 Å². The van der Waals surface area contributed by atoms with E-state index in [1.54, 1.807) is 0 Å². The van der Waals surface area contributed by atoms with Gasteiger partial charge < -0.3 is 20.4 Å². The van der Waals surface area contributed by atoms with Gasteiger partial charge in [-0.15, -0.1) is 24.0 Å². The minimum atomic E-state index is 0. The number of anilines is 1. The smallest absolute Gasteiger partial charge is 0.222 e. The first kappa shape index (κ1) is 24.8. The molecule has 30 heavy (non-hydrogen) atoms. The summed E-state index contributed by atoms with van der Waals surface area (Å²) in [6.07, 6.45) is 4.75. The molecule has 2 aliphatic rings. The zero-order valence-corrected chi connectivity index (χ0v) is 21.0. The Morgan fingerprint density at radius 2 is 2.00 bits per heavy atom. The van der Waals surface area contributed by atoms with Crippen LogP contribution in [-0.2, 0) is 4.79 Å². The molecular weight excluding hydrogens is 489 g/mol. The van der Waals surface area contributed by atoms with Crippen molar-refractivity contribution >= 4 is 41.5 Å². The van der Waals surface area contributed by atoms with Crippen LogP contribution in [0.2, 0.25) is 0 Å². The Hall–Kier alpha value is -1.51. The molecule has 2 atom stereocenters. The molecule has 2 fully saturated rings. The molecule has 2 unspecified atom stereocenters. The normalized spacial score (nSPS) is 20.3. The van der Waals surface area contributed by atoms with Crippen molar-refractivity contribution in [3.05, 3.63) is 29.8 Å². The van der Waals surface area contributed by atoms with Crippen molar-refractivity contribution in [3.8, 4) is 0 Å². The Balaban J connectivity index is 0.00000320. The molecule has 2 N–H and O–H groups in total. The molecule has 2 heterocycles. The SMILES string of the molecule is CCNC(=NCCC(CC)N1CCCC1=O)NC1CCN(c2ccc(C)cc2)C1.I. The van der Waals surface area contributed by atoms with E-state index < -0.39 is 0 Å². The van der Waals surface area contributed by atoms with Crippen molar-refractivity contribution in [3.63, 3.8) is 0 Å². The van der Waals surface area contributed by atoms with Crippen molar-refractivity contribution in [2.45, 2.75) is 65.0 Å². The number of rotatable bonds is 8. The standard InChI is InChI=1S/C23H37N5O.HI/c1-4-20(28-15-6-7-22(28)29)12-14-25-23(24-5-2)26-19-13-16-27(17-19)21-10-8-18(3)9-11-21;/h8-11,19-20H,4-7,12-17H2,1-3H3,(H2,24,25,26);1H. The maximum Gasteiger partial charge on any atom is 0.222 e. The summed E-state index contributed by atoms with van der Waals surface area (Å²) >= 11 is 0. The third-order valence-electron chi connectivity index (χ3n) is 6.03. The Morgan fingerprint density at radius 3 is 2.63 bits per heavy atom. The van der Waals surface area contributed by atoms with Gasteiger partial charge in [-0.1, -0.05) is 24.6 Å². The van der Waals surface area contributed by atoms with E-state index in [2.05, 4.69) is 65.5 Å². The highest BCUT2D eigenvalue weighted by molar-refractivity contribution is 14.0. The zero-order chi connectivity index (χ0) is 20.6. The van der Waals surface area contributed by atoms with Crippen molar-refractivity contribution in [1.82, 2.24) is 15.5 Å². The molecule has 1 amide bonds. The molecule has 6 nitrogen and oxygen atoms in total. The average molecular weight is 527 g/mol. The van der Waals surface area contributed by atoms with Crippen molar-refractivity contribution < 1.29 is 4.79 Å². The number of likely N-dealkylation sites (tertiary alicyclic amines) is 1. The predicted octanol–water partition coefficient (Wildman–Crippen LogP) is 3.54. The number of aliphatic imine (C=N–C) groups is 1. The lowest BCUT2D eigenvalue weighted by molar-refractivity contribution is -0.129. The minimum absolute atomic E-state index is 0. The van der Waals surface area contributed by atoms with Gasteiger partial charge in [0.2, 0.25) is 5.91 Å². The number of nitrogens with one attached hydrogen (secondary N) is 2. The second-order valence-electron chi connectivity index (χ2n) is 8.21. The molecule has 168 valence electrons. The molecule has 7 heteroatoms. The number of hydrogen-bond acceptors (Lipinski definition) is 3. The van der Waals surface area contributed by atoms with Crippen LogP contribution in [0.25, 0.3) is 0 Å². The second kappa shape index (κ2) is 12.4. The Bertz CT molecular complexity index is 693. The summed E-state index contributed by atoms with van der Waals surface area (Å²) in [5, 5.41) is 7.00. The largest absolute Gasteiger partial charge is 0.369 e. The van der Waals surface area contributed by atoms with Crippen LogP contribution in [0.1, 0.15) is 51.5 Å². The third-order valence-corrected chi connectivity index (χ3v) is 6.03. The van der Waals surface area contributed by atoms with E-state index in [1.807, 2.05) is 0 Å². The van der Waals surface area contributed by atoms with Gasteiger partial charge in [0.15, 0.2) is 5.96 Å². The summed E-state index contributed by atoms with van der Waals surface area (Å²) in [6, 6.07) is 9.49. The molecular formula is C23H38IN5O. The van der Waals surface area contributed by atoms with Crippen molar-refractivity contribution in [2.24, 2.45) is 4.99 Å². The second-order valence-corrected chi connectivity index (χ2v) is 8.21. The molecule has 0 radical (unpaired) electrons. The fourth-order valence-corrected chi connectivity index (χ4v) is 4.34. The van der Waals surface area contributed by atoms with Crippen LogP contribution in [0, 0.1) is 6.92 Å². The number of guanidine groups is 1. The van der Waals surface area contributed by atoms with Crippen molar-refractivity contribution in [1.29, 1.82) is 0 Å². The lowest BCUT2D eigenvalue weighted by Crippen LogP contribution is -2.45. The zero-order valence-electron chi connectivity index (χ0n) is 18.7. The van der Waals surface area contributed by atoms with E-state index in [9.17, 15) is 4.79 Å². The summed E-state index contributed by atoms with van der Waals surface area (Å²) in [6.45, 7) is 11.0. The number of hydrogen-bond donors (Lipinski definition) is 2. The highest BCUT2D eigenvalue weighted by atomic mass is 127. The maximum atomic E-state index is 12.0. The molecule has 3 rings (SSSR count). The summed E-state index contributed by atoms with van der Waals surface area (Å²) < 4.78 is 0. The van der Waals surface area contributed by atoms with Crippen molar-refractivity contribution in [2.75, 3.05) is 37.6 Å². The number of carbonyl (C=O) groups is 1. The highest BCUT2D eigenvalue weighted by Crippen LogP contribution is 2.21. The predicted molar refractivity (Wildman–Crippen MR) is 136 cm³/mol. The third kappa shape index (κ3) is 6.75. The minimum Gasteiger partial charge on any atom is -0.369 e. The molecule has 0 bridgehead atoms. The quantitative estimate of drug-likeness (QED) is 0.309. The van der Waals surface area contributed by atoms with Gasteiger partial charge in [0.25, 0.3) is 0 Å². The summed E-state index contributed by atoms with van der Waals surface area (Å²) in [5.74, 6) is 1.21. The van der Waals surface area contributed by atoms with Gasteiger partial charge in [0.1, 0.15) is 0 Å². The van der Waals surface area contributed by atoms with Crippen LogP contribution in [0.3, 0.4) is 0 Å². The van der Waals surface area contributed by atoms with Gasteiger partial charge >= 0.3 is 0 Å². The van der Waals surface area contributed by atoms with Crippen LogP contribution in [0.4, 0.5) is 5.69 Å². The molecule has 0 aromatic heterocycles. The summed E-state index contributed by atoms with van der Waals surface area (Å²) in [4.78, 5) is 21.3. The number of benzene rings is 1. The lowest BCUT2D eigenvalue weighted by atomic mass is 10.1. The lowest BCUT2D eigenvalue weighted by Gasteiger charge is -2.26. The van der Waals surface area contributed by atoms with Gasteiger partial charge in [-0.3, -0.25) is 9.79 Å². The Labute approximate surface area is 198 Å². The van der Waals surface area contributed by atoms with Crippen LogP contribution in [-0.4, -0.2) is 61.6 Å². The number of aryl methyl sites for hydroxylation is 1. The number of amides is 1. The highest BCUT2D eigenvalue weighted by Gasteiger charge is 2.26. The molecule has 1 aromatic rings. The van der Waals surface area contributed by atoms with E-state index in [0.717, 1.165) is 64.4 Å². The number of carbonyl (C=O) groups excluding carboxylic acids is 1. The first-order valence-electron chi connectivity index (χ1n) is 11.3. The van der Waals surface area contributed by atoms with Crippen LogP contribution >= 0.6 is 24.0 Å². The van der Waals surface area contributed by atoms with Gasteiger partial charge in [-0.25, -0.2) is 0 Å². The maximum absolute atomic E-state index is 12.0. The number of nitrogens with zero attached hydrogens (tertiary/aromatic N) is 3. The fraction of sp³-hybridized carbons (Fsp3) is 0.652. The molecule has 1 aromatic carbocycles. The van der Waals surface area contributed by atoms with Crippen LogP contribution in [0.5, 0.6) is 0 Å². The molecule has 0 spiro atoms. The molecule has 0 aliphatic carbocycles. The molecule has 2 saturated heterocycles. The fourth-order valence-electron chi connectivity index (χ4n) is 4.34. The average Bonchev–Trinajstić information content (AvgIpc) is 3.35. The van der Waals surface area contributed by atoms with Crippen LogP contribution in [0.15, 0.2) is 29.3 Å². The Morgan fingerprint density at radius 1 is 1.23 bits per heavy atom. The monoisotopic (exact) mass is 527 g/mol. The Kier molecular flexibility index (Phi) is 10.2. The van der Waals surface area contributed by atoms with Gasteiger partial charge in [-0.2, -0.15) is 0 Å². The topological polar surface area (TPSA) is 60.0 Å². The number of halogens is 1. The van der Waals surface area contributed by atoms with Gasteiger partial charge in [0, 0.05) is 56.9 Å². The van der Waals surface area contributed by atoms with E-state index in [-0.39, 0.29) is 24.0 Å². The van der Waals surface area contributed by atoms with Gasteiger partial charge in [0.05, 0.1) is 0 Å². The summed E-state index contributed by atoms with van der Waals surface area (Å²) in [7, 11) is 0. The van der Waals surface area contributed by atoms with E-state index in [1.165, 1.54) is 11.3 Å². The molecule has 0 saturated carbocycles. The first-order chi connectivity index (χ1) is 14.1. The van der Waals surface area contributed by atoms with Gasteiger partial charge in [-0.05, 0) is 51.7 Å². The van der Waals surface area contributed by atoms with E-state index >= 15 is 0 Å². The molecule has 2 aliphatic heterocycles. The van der Waals surface area contributed by atoms with Crippen LogP contribution < -0.4 is 15.5 Å². The first-order valence-corrected chi connectivity index (χ1v) is 11.3.